The van der Waals surface area contributed by atoms with Crippen LogP contribution in [0.4, 0.5) is 5.95 Å². The van der Waals surface area contributed by atoms with E-state index in [9.17, 15) is 5.11 Å². The number of hydrogen-bond donors (Lipinski definition) is 1. The summed E-state index contributed by atoms with van der Waals surface area (Å²) in [7, 11) is 0. The minimum absolute atomic E-state index is 0.0912. The van der Waals surface area contributed by atoms with Gasteiger partial charge in [0.05, 0.1) is 17.6 Å². The van der Waals surface area contributed by atoms with Crippen LogP contribution in [-0.4, -0.2) is 26.7 Å². The molecule has 0 unspecified atom stereocenters. The Bertz CT molecular complexity index is 1210. The first-order valence-corrected chi connectivity index (χ1v) is 9.76. The fourth-order valence-electron chi connectivity index (χ4n) is 2.93. The third-order valence-electron chi connectivity index (χ3n) is 4.50. The van der Waals surface area contributed by atoms with Crippen LogP contribution in [0.3, 0.4) is 0 Å². The van der Waals surface area contributed by atoms with E-state index in [1.54, 1.807) is 16.8 Å². The normalized spacial score (nSPS) is 11.9. The number of phenolic OH excluding ortho intramolecular Hbond substituents is 1. The smallest absolute Gasteiger partial charge is 0.251 e. The molecular weight excluding hydrogens is 396 g/mol. The minimum atomic E-state index is 0.0912. The summed E-state index contributed by atoms with van der Waals surface area (Å²) in [6.45, 7) is 1.94. The number of aromatic hydroxyl groups is 1. The molecule has 0 aliphatic heterocycles. The van der Waals surface area contributed by atoms with Gasteiger partial charge in [-0.15, -0.1) is 0 Å². The Labute approximate surface area is 179 Å². The Kier molecular flexibility index (Phi) is 5.72. The molecule has 0 bridgehead atoms. The maximum atomic E-state index is 10.1. The summed E-state index contributed by atoms with van der Waals surface area (Å²) < 4.78 is 1.64. The fourth-order valence-corrected chi connectivity index (χ4v) is 3.11. The number of nitrogens with zero attached hydrogens (tertiary/aromatic N) is 4. The van der Waals surface area contributed by atoms with Gasteiger partial charge in [-0.05, 0) is 30.7 Å². The van der Waals surface area contributed by atoms with Crippen molar-refractivity contribution < 1.29 is 5.11 Å². The third-order valence-corrected chi connectivity index (χ3v) is 4.73. The van der Waals surface area contributed by atoms with Crippen molar-refractivity contribution in [1.82, 2.24) is 9.66 Å². The van der Waals surface area contributed by atoms with Crippen molar-refractivity contribution >= 4 is 29.5 Å². The predicted octanol–water partition coefficient (Wildman–Crippen LogP) is 5.93. The molecular formula is C24H19ClN4O. The predicted molar refractivity (Wildman–Crippen MR) is 122 cm³/mol. The number of halogens is 1. The first-order chi connectivity index (χ1) is 14.6. The molecule has 30 heavy (non-hydrogen) atoms. The molecule has 0 saturated heterocycles. The summed E-state index contributed by atoms with van der Waals surface area (Å²) in [6.07, 6.45) is 3.37. The van der Waals surface area contributed by atoms with E-state index in [0.29, 0.717) is 16.5 Å². The highest BCUT2D eigenvalue weighted by Crippen LogP contribution is 2.24. The molecule has 6 heteroatoms. The molecule has 3 aromatic carbocycles. The molecule has 0 radical (unpaired) electrons. The Morgan fingerprint density at radius 3 is 2.43 bits per heavy atom. The Balaban J connectivity index is 1.77. The van der Waals surface area contributed by atoms with Gasteiger partial charge in [0, 0.05) is 22.4 Å². The molecule has 0 spiro atoms. The lowest BCUT2D eigenvalue weighted by Gasteiger charge is -2.02. The summed E-state index contributed by atoms with van der Waals surface area (Å²) in [6, 6.07) is 24.5. The molecule has 5 nitrogen and oxygen atoms in total. The second-order valence-corrected chi connectivity index (χ2v) is 7.09. The van der Waals surface area contributed by atoms with Crippen molar-refractivity contribution in [3.63, 3.8) is 0 Å². The van der Waals surface area contributed by atoms with Gasteiger partial charge in [-0.2, -0.15) is 5.10 Å². The fraction of sp³-hybridized carbons (Fsp3) is 0.0417. The van der Waals surface area contributed by atoms with Crippen LogP contribution in [0, 0.1) is 0 Å². The number of aliphatic imine (C=N–C) groups is 1. The zero-order valence-electron chi connectivity index (χ0n) is 16.3. The molecule has 4 aromatic rings. The lowest BCUT2D eigenvalue weighted by atomic mass is 10.1. The van der Waals surface area contributed by atoms with Crippen LogP contribution in [-0.2, 0) is 0 Å². The van der Waals surface area contributed by atoms with Crippen molar-refractivity contribution in [1.29, 1.82) is 0 Å². The van der Waals surface area contributed by atoms with Gasteiger partial charge in [-0.1, -0.05) is 72.3 Å². The van der Waals surface area contributed by atoms with Gasteiger partial charge in [-0.3, -0.25) is 0 Å². The van der Waals surface area contributed by atoms with E-state index >= 15 is 0 Å². The van der Waals surface area contributed by atoms with E-state index in [0.717, 1.165) is 22.5 Å². The highest BCUT2D eigenvalue weighted by Gasteiger charge is 2.10. The molecule has 0 saturated carbocycles. The lowest BCUT2D eigenvalue weighted by molar-refractivity contribution is 0.474. The van der Waals surface area contributed by atoms with E-state index in [4.69, 9.17) is 16.7 Å². The third kappa shape index (κ3) is 4.47. The van der Waals surface area contributed by atoms with Crippen LogP contribution in [0.25, 0.3) is 11.3 Å². The zero-order chi connectivity index (χ0) is 20.9. The average Bonchev–Trinajstić information content (AvgIpc) is 3.18. The number of phenols is 1. The summed E-state index contributed by atoms with van der Waals surface area (Å²) in [5.74, 6) is 0.483. The molecule has 0 amide bonds. The van der Waals surface area contributed by atoms with Gasteiger partial charge < -0.3 is 5.11 Å². The summed E-state index contributed by atoms with van der Waals surface area (Å²) in [5.41, 5.74) is 4.06. The van der Waals surface area contributed by atoms with Crippen molar-refractivity contribution in [3.05, 3.63) is 101 Å². The van der Waals surface area contributed by atoms with Crippen LogP contribution in [0.2, 0.25) is 5.02 Å². The molecule has 0 atom stereocenters. The molecule has 0 aliphatic carbocycles. The van der Waals surface area contributed by atoms with Crippen molar-refractivity contribution in [2.45, 2.75) is 6.92 Å². The van der Waals surface area contributed by atoms with Crippen molar-refractivity contribution in [2.75, 3.05) is 0 Å². The van der Waals surface area contributed by atoms with Gasteiger partial charge in [0.15, 0.2) is 0 Å². The molecule has 148 valence electrons. The van der Waals surface area contributed by atoms with Crippen LogP contribution in [0.1, 0.15) is 18.1 Å². The van der Waals surface area contributed by atoms with E-state index < -0.39 is 0 Å². The van der Waals surface area contributed by atoms with Gasteiger partial charge >= 0.3 is 0 Å². The standard InChI is InChI=1S/C24H19ClN4O/c1-17(18-8-4-2-5-9-18)28-29-16-22(19-10-6-3-7-11-19)27-24(29)26-15-20-14-21(25)12-13-23(20)30/h2-16,30H,1H3/b26-15?,28-17-. The molecule has 4 rings (SSSR count). The van der Waals surface area contributed by atoms with E-state index in [1.807, 2.05) is 73.8 Å². The monoisotopic (exact) mass is 414 g/mol. The van der Waals surface area contributed by atoms with E-state index in [2.05, 4.69) is 9.98 Å². The Hall–Kier alpha value is -3.70. The minimum Gasteiger partial charge on any atom is -0.507 e. The summed E-state index contributed by atoms with van der Waals surface area (Å²) >= 11 is 6.04. The van der Waals surface area contributed by atoms with Crippen molar-refractivity contribution in [3.8, 4) is 17.0 Å². The van der Waals surface area contributed by atoms with E-state index in [-0.39, 0.29) is 5.75 Å². The first kappa shape index (κ1) is 19.6. The molecule has 0 aliphatic rings. The number of benzene rings is 3. The largest absolute Gasteiger partial charge is 0.507 e. The summed E-state index contributed by atoms with van der Waals surface area (Å²) in [4.78, 5) is 9.11. The molecule has 1 N–H and O–H groups in total. The lowest BCUT2D eigenvalue weighted by Crippen LogP contribution is -1.98. The van der Waals surface area contributed by atoms with Crippen LogP contribution < -0.4 is 0 Å². The van der Waals surface area contributed by atoms with Crippen molar-refractivity contribution in [2.24, 2.45) is 10.1 Å². The molecule has 0 fully saturated rings. The quantitative estimate of drug-likeness (QED) is 0.411. The highest BCUT2D eigenvalue weighted by molar-refractivity contribution is 6.30. The first-order valence-electron chi connectivity index (χ1n) is 9.38. The average molecular weight is 415 g/mol. The van der Waals surface area contributed by atoms with Gasteiger partial charge in [-0.25, -0.2) is 14.7 Å². The van der Waals surface area contributed by atoms with Gasteiger partial charge in [0.2, 0.25) is 0 Å². The highest BCUT2D eigenvalue weighted by atomic mass is 35.5. The van der Waals surface area contributed by atoms with E-state index in [1.165, 1.54) is 12.3 Å². The Morgan fingerprint density at radius 1 is 1.00 bits per heavy atom. The second-order valence-electron chi connectivity index (χ2n) is 6.65. The second kappa shape index (κ2) is 8.76. The summed E-state index contributed by atoms with van der Waals surface area (Å²) in [5, 5.41) is 15.3. The topological polar surface area (TPSA) is 62.8 Å². The Morgan fingerprint density at radius 2 is 1.70 bits per heavy atom. The van der Waals surface area contributed by atoms with Crippen LogP contribution >= 0.6 is 11.6 Å². The van der Waals surface area contributed by atoms with Gasteiger partial charge in [0.25, 0.3) is 5.95 Å². The van der Waals surface area contributed by atoms with Crippen LogP contribution in [0.15, 0.2) is 95.2 Å². The number of aromatic nitrogens is 2. The zero-order valence-corrected chi connectivity index (χ0v) is 17.0. The molecule has 1 heterocycles. The van der Waals surface area contributed by atoms with Crippen LogP contribution in [0.5, 0.6) is 5.75 Å². The van der Waals surface area contributed by atoms with Gasteiger partial charge in [0.1, 0.15) is 5.75 Å². The number of hydrogen-bond acceptors (Lipinski definition) is 4. The SMILES string of the molecule is C/C(=N/n1cc(-c2ccccc2)nc1N=Cc1cc(Cl)ccc1O)c1ccccc1. The maximum Gasteiger partial charge on any atom is 0.251 e. The number of rotatable bonds is 5. The number of imidazole rings is 1. The maximum absolute atomic E-state index is 10.1. The molecule has 1 aromatic heterocycles.